The highest BCUT2D eigenvalue weighted by Gasteiger charge is 2.15. The van der Waals surface area contributed by atoms with Gasteiger partial charge in [-0.3, -0.25) is 14.8 Å². The van der Waals surface area contributed by atoms with Crippen LogP contribution >= 0.6 is 0 Å². The van der Waals surface area contributed by atoms with Crippen LogP contribution in [0.3, 0.4) is 0 Å². The molecule has 0 spiro atoms. The molecule has 0 aliphatic heterocycles. The lowest BCUT2D eigenvalue weighted by Crippen LogP contribution is -2.04. The molecule has 1 heterocycles. The van der Waals surface area contributed by atoms with Gasteiger partial charge in [0.25, 0.3) is 5.69 Å². The van der Waals surface area contributed by atoms with E-state index in [4.69, 9.17) is 4.74 Å². The smallest absolute Gasteiger partial charge is 0.296 e. The highest BCUT2D eigenvalue weighted by atomic mass is 16.6. The Hall–Kier alpha value is -2.57. The Balaban J connectivity index is 2.19. The Morgan fingerprint density at radius 1 is 1.48 bits per heavy atom. The van der Waals surface area contributed by atoms with Crippen molar-refractivity contribution in [2.24, 2.45) is 7.05 Å². The summed E-state index contributed by atoms with van der Waals surface area (Å²) in [6, 6.07) is 4.81. The maximum absolute atomic E-state index is 11.2. The fourth-order valence-corrected chi connectivity index (χ4v) is 1.98. The number of benzene rings is 1. The second-order valence-corrected chi connectivity index (χ2v) is 4.60. The van der Waals surface area contributed by atoms with E-state index in [1.54, 1.807) is 23.0 Å². The van der Waals surface area contributed by atoms with E-state index in [2.05, 4.69) is 10.4 Å². The van der Waals surface area contributed by atoms with Crippen molar-refractivity contribution in [3.05, 3.63) is 45.8 Å². The van der Waals surface area contributed by atoms with Crippen LogP contribution in [0.25, 0.3) is 0 Å². The molecule has 0 amide bonds. The summed E-state index contributed by atoms with van der Waals surface area (Å²) in [5, 5.41) is 18.4. The summed E-state index contributed by atoms with van der Waals surface area (Å²) < 4.78 is 7.06. The third kappa shape index (κ3) is 3.31. The van der Waals surface area contributed by atoms with Gasteiger partial charge in [0.2, 0.25) is 0 Å². The van der Waals surface area contributed by atoms with Gasteiger partial charge in [0, 0.05) is 24.8 Å². The Morgan fingerprint density at radius 3 is 2.81 bits per heavy atom. The number of hydrogen-bond acceptors (Lipinski definition) is 5. The second kappa shape index (κ2) is 6.25. The van der Waals surface area contributed by atoms with Gasteiger partial charge in [-0.2, -0.15) is 5.10 Å². The third-order valence-corrected chi connectivity index (χ3v) is 3.28. The van der Waals surface area contributed by atoms with Crippen molar-refractivity contribution in [3.63, 3.8) is 0 Å². The molecule has 0 saturated heterocycles. The van der Waals surface area contributed by atoms with Crippen molar-refractivity contribution < 1.29 is 9.66 Å². The van der Waals surface area contributed by atoms with E-state index < -0.39 is 4.92 Å². The summed E-state index contributed by atoms with van der Waals surface area (Å²) in [4.78, 5) is 10.7. The number of nitrogens with zero attached hydrogens (tertiary/aromatic N) is 3. The van der Waals surface area contributed by atoms with Gasteiger partial charge < -0.3 is 10.1 Å². The average Bonchev–Trinajstić information content (AvgIpc) is 2.77. The summed E-state index contributed by atoms with van der Waals surface area (Å²) in [6.07, 6.45) is 1.75. The van der Waals surface area contributed by atoms with E-state index in [0.717, 1.165) is 11.3 Å². The van der Waals surface area contributed by atoms with Crippen LogP contribution in [0.4, 0.5) is 11.4 Å². The van der Waals surface area contributed by atoms with Crippen LogP contribution in [0, 0.1) is 17.0 Å². The first-order valence-electron chi connectivity index (χ1n) is 6.65. The maximum Gasteiger partial charge on any atom is 0.296 e. The minimum Gasteiger partial charge on any atom is -0.494 e. The van der Waals surface area contributed by atoms with Gasteiger partial charge in [-0.1, -0.05) is 0 Å². The number of nitro benzene ring substituents is 1. The van der Waals surface area contributed by atoms with Crippen LogP contribution in [-0.4, -0.2) is 21.3 Å². The molecule has 0 fully saturated rings. The fraction of sp³-hybridized carbons (Fsp3) is 0.357. The van der Waals surface area contributed by atoms with E-state index in [9.17, 15) is 10.1 Å². The zero-order valence-electron chi connectivity index (χ0n) is 12.3. The molecule has 0 radical (unpaired) electrons. The number of aryl methyl sites for hydroxylation is 1. The lowest BCUT2D eigenvalue weighted by atomic mass is 10.2. The number of hydrogen-bond donors (Lipinski definition) is 1. The molecular formula is C14H18N4O3. The van der Waals surface area contributed by atoms with Crippen LogP contribution in [0.15, 0.2) is 24.4 Å². The second-order valence-electron chi connectivity index (χ2n) is 4.60. The third-order valence-electron chi connectivity index (χ3n) is 3.28. The predicted molar refractivity (Wildman–Crippen MR) is 79.5 cm³/mol. The first-order chi connectivity index (χ1) is 10.0. The molecule has 1 N–H and O–H groups in total. The first kappa shape index (κ1) is 14.8. The molecule has 7 nitrogen and oxygen atoms in total. The molecule has 21 heavy (non-hydrogen) atoms. The first-order valence-corrected chi connectivity index (χ1v) is 6.65. The predicted octanol–water partition coefficient (Wildman–Crippen LogP) is 2.65. The van der Waals surface area contributed by atoms with Gasteiger partial charge >= 0.3 is 0 Å². The topological polar surface area (TPSA) is 82.2 Å². The summed E-state index contributed by atoms with van der Waals surface area (Å²) in [5.41, 5.74) is 2.49. The number of rotatable bonds is 6. The van der Waals surface area contributed by atoms with E-state index in [1.807, 2.05) is 20.9 Å². The molecule has 0 atom stereocenters. The summed E-state index contributed by atoms with van der Waals surface area (Å²) >= 11 is 0. The molecule has 0 aliphatic carbocycles. The van der Waals surface area contributed by atoms with E-state index in [-0.39, 0.29) is 5.69 Å². The quantitative estimate of drug-likeness (QED) is 0.653. The Kier molecular flexibility index (Phi) is 4.42. The van der Waals surface area contributed by atoms with Crippen LogP contribution in [0.5, 0.6) is 5.75 Å². The Bertz CT molecular complexity index is 652. The molecule has 7 heteroatoms. The van der Waals surface area contributed by atoms with Crippen LogP contribution < -0.4 is 10.1 Å². The van der Waals surface area contributed by atoms with Gasteiger partial charge in [-0.15, -0.1) is 0 Å². The van der Waals surface area contributed by atoms with Gasteiger partial charge in [0.05, 0.1) is 23.8 Å². The molecule has 112 valence electrons. The van der Waals surface area contributed by atoms with E-state index in [1.165, 1.54) is 6.07 Å². The highest BCUT2D eigenvalue weighted by Crippen LogP contribution is 2.29. The van der Waals surface area contributed by atoms with Crippen LogP contribution in [0.2, 0.25) is 0 Å². The zero-order chi connectivity index (χ0) is 15.4. The number of aromatic nitrogens is 2. The molecular weight excluding hydrogens is 272 g/mol. The van der Waals surface area contributed by atoms with E-state index in [0.29, 0.717) is 24.6 Å². The number of ether oxygens (including phenoxy) is 1. The van der Waals surface area contributed by atoms with Crippen LogP contribution in [0.1, 0.15) is 18.2 Å². The van der Waals surface area contributed by atoms with Crippen molar-refractivity contribution in [1.29, 1.82) is 0 Å². The molecule has 0 unspecified atom stereocenters. The van der Waals surface area contributed by atoms with Crippen molar-refractivity contribution in [1.82, 2.24) is 9.78 Å². The maximum atomic E-state index is 11.2. The number of anilines is 1. The van der Waals surface area contributed by atoms with Crippen molar-refractivity contribution in [2.45, 2.75) is 20.4 Å². The Morgan fingerprint density at radius 2 is 2.24 bits per heavy atom. The zero-order valence-corrected chi connectivity index (χ0v) is 12.3. The minimum absolute atomic E-state index is 0.00231. The Labute approximate surface area is 122 Å². The molecule has 1 aromatic heterocycles. The summed E-state index contributed by atoms with van der Waals surface area (Å²) in [7, 11) is 1.86. The van der Waals surface area contributed by atoms with Crippen molar-refractivity contribution >= 4 is 11.4 Å². The van der Waals surface area contributed by atoms with Crippen molar-refractivity contribution in [3.8, 4) is 5.75 Å². The SMILES string of the molecule is CCOc1ccc(NCc2cnn(C)c2C)c([N+](=O)[O-])c1. The molecule has 2 rings (SSSR count). The molecule has 2 aromatic rings. The standard InChI is InChI=1S/C14H18N4O3/c1-4-21-12-5-6-13(14(7-12)18(19)20)15-8-11-9-16-17(3)10(11)2/h5-7,9,15H,4,8H2,1-3H3. The average molecular weight is 290 g/mol. The lowest BCUT2D eigenvalue weighted by molar-refractivity contribution is -0.384. The van der Waals surface area contributed by atoms with Gasteiger partial charge in [-0.05, 0) is 26.0 Å². The fourth-order valence-electron chi connectivity index (χ4n) is 1.98. The van der Waals surface area contributed by atoms with Gasteiger partial charge in [0.1, 0.15) is 11.4 Å². The largest absolute Gasteiger partial charge is 0.494 e. The van der Waals surface area contributed by atoms with Crippen LogP contribution in [-0.2, 0) is 13.6 Å². The van der Waals surface area contributed by atoms with Gasteiger partial charge in [0.15, 0.2) is 0 Å². The minimum atomic E-state index is -0.416. The lowest BCUT2D eigenvalue weighted by Gasteiger charge is -2.09. The summed E-state index contributed by atoms with van der Waals surface area (Å²) in [5.74, 6) is 0.493. The molecule has 0 saturated carbocycles. The normalized spacial score (nSPS) is 10.4. The highest BCUT2D eigenvalue weighted by molar-refractivity contribution is 5.64. The number of nitro groups is 1. The monoisotopic (exact) mass is 290 g/mol. The molecule has 0 bridgehead atoms. The number of nitrogens with one attached hydrogen (secondary N) is 1. The molecule has 1 aromatic carbocycles. The van der Waals surface area contributed by atoms with Crippen molar-refractivity contribution in [2.75, 3.05) is 11.9 Å². The summed E-state index contributed by atoms with van der Waals surface area (Å²) in [6.45, 7) is 4.74. The molecule has 0 aliphatic rings. The van der Waals surface area contributed by atoms with Gasteiger partial charge in [-0.25, -0.2) is 0 Å². The van der Waals surface area contributed by atoms with E-state index >= 15 is 0 Å².